The van der Waals surface area contributed by atoms with Gasteiger partial charge in [-0.1, -0.05) is 18.2 Å². The molecule has 1 heterocycles. The Morgan fingerprint density at radius 3 is 2.48 bits per heavy atom. The summed E-state index contributed by atoms with van der Waals surface area (Å²) < 4.78 is 31.2. The van der Waals surface area contributed by atoms with E-state index in [1.165, 1.54) is 4.31 Å². The maximum atomic E-state index is 13.0. The number of para-hydroxylation sites is 1. The van der Waals surface area contributed by atoms with Gasteiger partial charge in [0.05, 0.1) is 12.8 Å². The molecular formula is C18H18N2O4S. The summed E-state index contributed by atoms with van der Waals surface area (Å²) in [6.45, 7) is 0.350. The highest BCUT2D eigenvalue weighted by Gasteiger charge is 2.75. The summed E-state index contributed by atoms with van der Waals surface area (Å²) in [5.41, 5.74) is 1.16. The van der Waals surface area contributed by atoms with Crippen molar-refractivity contribution >= 4 is 27.3 Å². The van der Waals surface area contributed by atoms with Crippen LogP contribution in [0.15, 0.2) is 54.6 Å². The molecule has 1 aliphatic heterocycles. The predicted octanol–water partition coefficient (Wildman–Crippen LogP) is 2.24. The fraction of sp³-hybridized carbons (Fsp3) is 0.278. The van der Waals surface area contributed by atoms with Crippen LogP contribution in [0.5, 0.6) is 5.75 Å². The van der Waals surface area contributed by atoms with Crippen LogP contribution in [0, 0.1) is 5.92 Å². The van der Waals surface area contributed by atoms with Crippen LogP contribution in [0.2, 0.25) is 0 Å². The van der Waals surface area contributed by atoms with Crippen LogP contribution in [-0.4, -0.2) is 32.7 Å². The Kier molecular flexibility index (Phi) is 3.50. The highest BCUT2D eigenvalue weighted by molar-refractivity contribution is 7.95. The van der Waals surface area contributed by atoms with Crippen molar-refractivity contribution in [3.05, 3.63) is 54.6 Å². The molecule has 0 aromatic heterocycles. The lowest BCUT2D eigenvalue weighted by Crippen LogP contribution is -2.42. The van der Waals surface area contributed by atoms with Gasteiger partial charge < -0.3 is 10.1 Å². The molecule has 1 aliphatic carbocycles. The topological polar surface area (TPSA) is 75.7 Å². The van der Waals surface area contributed by atoms with Crippen LogP contribution >= 0.6 is 0 Å². The van der Waals surface area contributed by atoms with Crippen molar-refractivity contribution in [3.8, 4) is 5.75 Å². The number of carbonyl (C=O) groups is 1. The fourth-order valence-corrected chi connectivity index (χ4v) is 5.84. The molecule has 2 fully saturated rings. The molecule has 1 N–H and O–H groups in total. The summed E-state index contributed by atoms with van der Waals surface area (Å²) in [6, 6.07) is 15.7. The van der Waals surface area contributed by atoms with Gasteiger partial charge in [-0.2, -0.15) is 0 Å². The van der Waals surface area contributed by atoms with Crippen molar-refractivity contribution in [2.75, 3.05) is 23.3 Å². The molecule has 1 saturated carbocycles. The van der Waals surface area contributed by atoms with Gasteiger partial charge >= 0.3 is 0 Å². The van der Waals surface area contributed by atoms with Crippen LogP contribution in [-0.2, 0) is 14.8 Å². The summed E-state index contributed by atoms with van der Waals surface area (Å²) in [6.07, 6.45) is 0.376. The molecule has 1 saturated heterocycles. The minimum absolute atomic E-state index is 0.170. The third-order valence-electron chi connectivity index (χ3n) is 4.96. The number of nitrogens with one attached hydrogen (secondary N) is 1. The van der Waals surface area contributed by atoms with Crippen molar-refractivity contribution in [3.63, 3.8) is 0 Å². The molecule has 6 nitrogen and oxygen atoms in total. The lowest BCUT2D eigenvalue weighted by atomic mass is 10.2. The van der Waals surface area contributed by atoms with Crippen LogP contribution in [0.4, 0.5) is 11.4 Å². The highest BCUT2D eigenvalue weighted by Crippen LogP contribution is 2.58. The van der Waals surface area contributed by atoms with Crippen LogP contribution in [0.3, 0.4) is 0 Å². The summed E-state index contributed by atoms with van der Waals surface area (Å²) in [5, 5.41) is 2.74. The number of ether oxygens (including phenoxy) is 1. The van der Waals surface area contributed by atoms with Gasteiger partial charge in [-0.3, -0.25) is 9.10 Å². The Morgan fingerprint density at radius 2 is 1.84 bits per heavy atom. The van der Waals surface area contributed by atoms with E-state index in [0.717, 1.165) is 0 Å². The van der Waals surface area contributed by atoms with Crippen LogP contribution < -0.4 is 14.4 Å². The molecule has 0 spiro atoms. The van der Waals surface area contributed by atoms with Gasteiger partial charge in [-0.15, -0.1) is 0 Å². The normalized spacial score (nSPS) is 26.0. The van der Waals surface area contributed by atoms with Crippen molar-refractivity contribution in [1.29, 1.82) is 0 Å². The first-order valence-electron chi connectivity index (χ1n) is 8.02. The molecule has 2 atom stereocenters. The van der Waals surface area contributed by atoms with E-state index in [1.807, 2.05) is 6.07 Å². The number of anilines is 2. The molecule has 0 bridgehead atoms. The molecule has 2 aromatic carbocycles. The van der Waals surface area contributed by atoms with E-state index in [0.29, 0.717) is 30.1 Å². The van der Waals surface area contributed by atoms with Crippen LogP contribution in [0.25, 0.3) is 0 Å². The van der Waals surface area contributed by atoms with E-state index in [4.69, 9.17) is 4.74 Å². The Hall–Kier alpha value is -2.54. The largest absolute Gasteiger partial charge is 0.497 e. The average molecular weight is 358 g/mol. The zero-order valence-electron chi connectivity index (χ0n) is 13.7. The molecule has 130 valence electrons. The maximum Gasteiger partial charge on any atom is 0.250 e. The average Bonchev–Trinajstić information content (AvgIpc) is 3.32. The number of nitrogens with zero attached hydrogens (tertiary/aromatic N) is 1. The number of sulfonamides is 1. The summed E-state index contributed by atoms with van der Waals surface area (Å²) in [7, 11) is -2.18. The van der Waals surface area contributed by atoms with Gasteiger partial charge in [-0.05, 0) is 42.8 Å². The minimum Gasteiger partial charge on any atom is -0.497 e. The summed E-state index contributed by atoms with van der Waals surface area (Å²) >= 11 is 0. The Balaban J connectivity index is 1.59. The molecule has 25 heavy (non-hydrogen) atoms. The van der Waals surface area contributed by atoms with Crippen molar-refractivity contribution in [1.82, 2.24) is 0 Å². The molecular weight excluding hydrogens is 340 g/mol. The van der Waals surface area contributed by atoms with Gasteiger partial charge in [-0.25, -0.2) is 8.42 Å². The first kappa shape index (κ1) is 16.0. The van der Waals surface area contributed by atoms with E-state index < -0.39 is 20.7 Å². The van der Waals surface area contributed by atoms with E-state index >= 15 is 0 Å². The standard InChI is InChI=1S/C18H18N2O4S/c1-24-16-9-7-14(8-10-16)19-17(21)18-11-13(18)12-20(25(18,22)23)15-5-3-2-4-6-15/h2-10,13H,11-12H2,1H3,(H,19,21). The molecule has 4 rings (SSSR count). The van der Waals surface area contributed by atoms with Gasteiger partial charge in [0.2, 0.25) is 15.9 Å². The second-order valence-electron chi connectivity index (χ2n) is 6.34. The van der Waals surface area contributed by atoms with Crippen molar-refractivity contribution in [2.45, 2.75) is 11.2 Å². The van der Waals surface area contributed by atoms with E-state index in [2.05, 4.69) is 5.32 Å². The first-order chi connectivity index (χ1) is 12.0. The third kappa shape index (κ3) is 2.30. The molecule has 1 amide bonds. The second-order valence-corrected chi connectivity index (χ2v) is 8.46. The monoisotopic (exact) mass is 358 g/mol. The van der Waals surface area contributed by atoms with E-state index in [-0.39, 0.29) is 5.92 Å². The SMILES string of the molecule is COc1ccc(NC(=O)C23CC2CN(c2ccccc2)S3(=O)=O)cc1. The molecule has 2 aromatic rings. The number of hydrogen-bond donors (Lipinski definition) is 1. The van der Waals surface area contributed by atoms with E-state index in [1.54, 1.807) is 55.6 Å². The smallest absolute Gasteiger partial charge is 0.250 e. The van der Waals surface area contributed by atoms with Gasteiger partial charge in [0.25, 0.3) is 0 Å². The Morgan fingerprint density at radius 1 is 1.16 bits per heavy atom. The lowest BCUT2D eigenvalue weighted by molar-refractivity contribution is -0.116. The third-order valence-corrected chi connectivity index (χ3v) is 7.51. The number of carbonyl (C=O) groups excluding carboxylic acids is 1. The Labute approximate surface area is 146 Å². The first-order valence-corrected chi connectivity index (χ1v) is 9.46. The number of rotatable bonds is 4. The lowest BCUT2D eigenvalue weighted by Gasteiger charge is -2.22. The Bertz CT molecular complexity index is 912. The molecule has 2 unspecified atom stereocenters. The van der Waals surface area contributed by atoms with Gasteiger partial charge in [0.15, 0.2) is 4.75 Å². The maximum absolute atomic E-state index is 13.0. The second kappa shape index (κ2) is 5.49. The van der Waals surface area contributed by atoms with E-state index in [9.17, 15) is 13.2 Å². The number of benzene rings is 2. The molecule has 7 heteroatoms. The summed E-state index contributed by atoms with van der Waals surface area (Å²) in [5.74, 6) is 0.0428. The number of hydrogen-bond acceptors (Lipinski definition) is 4. The highest BCUT2D eigenvalue weighted by atomic mass is 32.2. The number of amides is 1. The van der Waals surface area contributed by atoms with Gasteiger partial charge in [0.1, 0.15) is 5.75 Å². The molecule has 0 radical (unpaired) electrons. The zero-order valence-corrected chi connectivity index (χ0v) is 14.5. The van der Waals surface area contributed by atoms with Crippen LogP contribution in [0.1, 0.15) is 6.42 Å². The molecule has 2 aliphatic rings. The summed E-state index contributed by atoms with van der Waals surface area (Å²) in [4.78, 5) is 12.8. The quantitative estimate of drug-likeness (QED) is 0.909. The number of methoxy groups -OCH3 is 1. The van der Waals surface area contributed by atoms with Crippen molar-refractivity contribution in [2.24, 2.45) is 5.92 Å². The number of fused-ring (bicyclic) bond motifs is 1. The van der Waals surface area contributed by atoms with Gasteiger partial charge in [0, 0.05) is 18.2 Å². The zero-order chi connectivity index (χ0) is 17.7. The predicted molar refractivity (Wildman–Crippen MR) is 95.2 cm³/mol. The van der Waals surface area contributed by atoms with Crippen molar-refractivity contribution < 1.29 is 17.9 Å². The minimum atomic E-state index is -3.74. The fourth-order valence-electron chi connectivity index (χ4n) is 3.47.